The van der Waals surface area contributed by atoms with Crippen LogP contribution in [0.3, 0.4) is 0 Å². The van der Waals surface area contributed by atoms with Gasteiger partial charge in [-0.2, -0.15) is 0 Å². The second kappa shape index (κ2) is 8.82. The van der Waals surface area contributed by atoms with Crippen LogP contribution in [-0.4, -0.2) is 40.8 Å². The first-order chi connectivity index (χ1) is 13.3. The lowest BCUT2D eigenvalue weighted by molar-refractivity contribution is -0.121. The number of aromatic nitrogens is 2. The van der Waals surface area contributed by atoms with Crippen molar-refractivity contribution in [1.82, 2.24) is 20.6 Å². The summed E-state index contributed by atoms with van der Waals surface area (Å²) < 4.78 is 0. The average molecular weight is 399 g/mol. The van der Waals surface area contributed by atoms with Crippen molar-refractivity contribution in [3.63, 3.8) is 0 Å². The maximum absolute atomic E-state index is 12.2. The van der Waals surface area contributed by atoms with Gasteiger partial charge in [-0.05, 0) is 37.6 Å². The first-order valence-electron chi connectivity index (χ1n) is 9.22. The molecule has 2 aromatic heterocycles. The number of hydrogen-bond acceptors (Lipinski definition) is 6. The lowest BCUT2D eigenvalue weighted by Crippen LogP contribution is -2.42. The fraction of sp³-hybridized carbons (Fsp3) is 0.350. The van der Waals surface area contributed by atoms with Gasteiger partial charge in [0.1, 0.15) is 16.2 Å². The van der Waals surface area contributed by atoms with E-state index in [2.05, 4.69) is 38.8 Å². The number of benzene rings is 1. The Bertz CT molecular complexity index is 907. The number of nitrogens with one attached hydrogen (secondary N) is 2. The van der Waals surface area contributed by atoms with E-state index in [1.165, 1.54) is 10.4 Å². The second-order valence-corrected chi connectivity index (χ2v) is 8.68. The lowest BCUT2D eigenvalue weighted by Gasteiger charge is -2.23. The number of thioether (sulfide) groups is 1. The fourth-order valence-corrected chi connectivity index (χ4v) is 5.18. The molecule has 1 saturated heterocycles. The Kier molecular flexibility index (Phi) is 6.01. The molecule has 0 spiro atoms. The van der Waals surface area contributed by atoms with E-state index in [0.29, 0.717) is 12.5 Å². The molecule has 0 aliphatic carbocycles. The Balaban J connectivity index is 1.38. The van der Waals surface area contributed by atoms with E-state index in [1.54, 1.807) is 29.4 Å². The van der Waals surface area contributed by atoms with E-state index in [1.807, 2.05) is 18.2 Å². The van der Waals surface area contributed by atoms with Crippen LogP contribution >= 0.6 is 23.1 Å². The predicted molar refractivity (Wildman–Crippen MR) is 112 cm³/mol. The van der Waals surface area contributed by atoms with Crippen molar-refractivity contribution in [3.8, 4) is 10.4 Å². The molecule has 0 unspecified atom stereocenters. The Hall–Kier alpha value is -1.96. The highest BCUT2D eigenvalue weighted by Crippen LogP contribution is 2.36. The van der Waals surface area contributed by atoms with Crippen LogP contribution in [0.25, 0.3) is 20.7 Å². The molecule has 140 valence electrons. The zero-order valence-corrected chi connectivity index (χ0v) is 16.6. The van der Waals surface area contributed by atoms with Gasteiger partial charge in [-0.3, -0.25) is 4.79 Å². The molecule has 3 aromatic rings. The number of thiophene rings is 1. The Labute approximate surface area is 167 Å². The Morgan fingerprint density at radius 2 is 2.04 bits per heavy atom. The summed E-state index contributed by atoms with van der Waals surface area (Å²) >= 11 is 3.31. The molecular formula is C20H22N4OS2. The predicted octanol–water partition coefficient (Wildman–Crippen LogP) is 3.71. The fourth-order valence-electron chi connectivity index (χ4n) is 3.20. The highest BCUT2D eigenvalue weighted by molar-refractivity contribution is 7.99. The van der Waals surface area contributed by atoms with Gasteiger partial charge in [0.25, 0.3) is 0 Å². The number of hydrogen-bond donors (Lipinski definition) is 2. The van der Waals surface area contributed by atoms with Crippen LogP contribution in [-0.2, 0) is 4.79 Å². The van der Waals surface area contributed by atoms with Gasteiger partial charge < -0.3 is 10.6 Å². The van der Waals surface area contributed by atoms with Gasteiger partial charge in [-0.15, -0.1) is 23.1 Å². The summed E-state index contributed by atoms with van der Waals surface area (Å²) in [7, 11) is 0. The van der Waals surface area contributed by atoms with Crippen LogP contribution in [0.2, 0.25) is 0 Å². The standard InChI is InChI=1S/C20H22N4OS2/c25-18(24-15-6-9-21-10-7-15)8-11-26-19-16-12-17(14-4-2-1-3-5-14)27-20(16)23-13-22-19/h1-5,12-13,15,21H,6-11H2,(H,24,25). The Morgan fingerprint density at radius 3 is 2.85 bits per heavy atom. The molecule has 1 fully saturated rings. The minimum atomic E-state index is 0.134. The molecule has 0 saturated carbocycles. The molecule has 0 atom stereocenters. The maximum Gasteiger partial charge on any atom is 0.221 e. The van der Waals surface area contributed by atoms with E-state index in [-0.39, 0.29) is 5.91 Å². The topological polar surface area (TPSA) is 66.9 Å². The van der Waals surface area contributed by atoms with E-state index in [0.717, 1.165) is 46.9 Å². The number of nitrogens with zero attached hydrogens (tertiary/aromatic N) is 2. The zero-order chi connectivity index (χ0) is 18.5. The SMILES string of the molecule is O=C(CCSc1ncnc2sc(-c3ccccc3)cc12)NC1CCNCC1. The van der Waals surface area contributed by atoms with Crippen LogP contribution in [0.15, 0.2) is 47.8 Å². The van der Waals surface area contributed by atoms with Crippen molar-refractivity contribution in [1.29, 1.82) is 0 Å². The molecular weight excluding hydrogens is 376 g/mol. The lowest BCUT2D eigenvalue weighted by atomic mass is 10.1. The van der Waals surface area contributed by atoms with Gasteiger partial charge in [0, 0.05) is 28.5 Å². The van der Waals surface area contributed by atoms with Crippen LogP contribution in [0.4, 0.5) is 0 Å². The molecule has 7 heteroatoms. The minimum Gasteiger partial charge on any atom is -0.353 e. The van der Waals surface area contributed by atoms with Gasteiger partial charge in [-0.1, -0.05) is 30.3 Å². The monoisotopic (exact) mass is 398 g/mol. The maximum atomic E-state index is 12.2. The summed E-state index contributed by atoms with van der Waals surface area (Å²) in [6.45, 7) is 1.97. The van der Waals surface area contributed by atoms with Crippen LogP contribution in [0.1, 0.15) is 19.3 Å². The van der Waals surface area contributed by atoms with Crippen molar-refractivity contribution in [2.75, 3.05) is 18.8 Å². The molecule has 5 nitrogen and oxygen atoms in total. The number of carbonyl (C=O) groups is 1. The molecule has 2 N–H and O–H groups in total. The van der Waals surface area contributed by atoms with Crippen molar-refractivity contribution in [2.45, 2.75) is 30.3 Å². The van der Waals surface area contributed by atoms with Crippen LogP contribution in [0, 0.1) is 0 Å². The number of amides is 1. The largest absolute Gasteiger partial charge is 0.353 e. The van der Waals surface area contributed by atoms with E-state index in [4.69, 9.17) is 0 Å². The van der Waals surface area contributed by atoms with Crippen molar-refractivity contribution >= 4 is 39.2 Å². The molecule has 4 rings (SSSR count). The quantitative estimate of drug-likeness (QED) is 0.489. The molecule has 1 aliphatic rings. The van der Waals surface area contributed by atoms with Crippen molar-refractivity contribution in [2.24, 2.45) is 0 Å². The van der Waals surface area contributed by atoms with Crippen LogP contribution < -0.4 is 10.6 Å². The normalized spacial score (nSPS) is 15.1. The third-order valence-electron chi connectivity index (χ3n) is 4.62. The van der Waals surface area contributed by atoms with Crippen LogP contribution in [0.5, 0.6) is 0 Å². The molecule has 27 heavy (non-hydrogen) atoms. The van der Waals surface area contributed by atoms with E-state index in [9.17, 15) is 4.79 Å². The van der Waals surface area contributed by atoms with Crippen molar-refractivity contribution < 1.29 is 4.79 Å². The number of carbonyl (C=O) groups excluding carboxylic acids is 1. The molecule has 3 heterocycles. The summed E-state index contributed by atoms with van der Waals surface area (Å²) in [5, 5.41) is 8.49. The molecule has 1 amide bonds. The van der Waals surface area contributed by atoms with Gasteiger partial charge in [-0.25, -0.2) is 9.97 Å². The Morgan fingerprint density at radius 1 is 1.22 bits per heavy atom. The molecule has 0 bridgehead atoms. The summed E-state index contributed by atoms with van der Waals surface area (Å²) in [4.78, 5) is 23.2. The summed E-state index contributed by atoms with van der Waals surface area (Å²) in [5.41, 5.74) is 1.19. The van der Waals surface area contributed by atoms with Gasteiger partial charge in [0.15, 0.2) is 0 Å². The molecule has 1 aliphatic heterocycles. The van der Waals surface area contributed by atoms with Gasteiger partial charge in [0.05, 0.1) is 0 Å². The minimum absolute atomic E-state index is 0.134. The number of fused-ring (bicyclic) bond motifs is 1. The number of rotatable bonds is 6. The van der Waals surface area contributed by atoms with E-state index >= 15 is 0 Å². The third-order valence-corrected chi connectivity index (χ3v) is 6.72. The van der Waals surface area contributed by atoms with Gasteiger partial charge in [0.2, 0.25) is 5.91 Å². The summed E-state index contributed by atoms with van der Waals surface area (Å²) in [6.07, 6.45) is 4.16. The highest BCUT2D eigenvalue weighted by Gasteiger charge is 2.16. The van der Waals surface area contributed by atoms with Gasteiger partial charge >= 0.3 is 0 Å². The molecule has 0 radical (unpaired) electrons. The highest BCUT2D eigenvalue weighted by atomic mass is 32.2. The average Bonchev–Trinajstić information content (AvgIpc) is 3.15. The summed E-state index contributed by atoms with van der Waals surface area (Å²) in [5.74, 6) is 0.856. The molecule has 1 aromatic carbocycles. The van der Waals surface area contributed by atoms with E-state index < -0.39 is 0 Å². The first kappa shape index (κ1) is 18.4. The first-order valence-corrected chi connectivity index (χ1v) is 11.0. The third kappa shape index (κ3) is 4.66. The number of piperidine rings is 1. The second-order valence-electron chi connectivity index (χ2n) is 6.56. The van der Waals surface area contributed by atoms with Crippen molar-refractivity contribution in [3.05, 3.63) is 42.7 Å². The summed E-state index contributed by atoms with van der Waals surface area (Å²) in [6, 6.07) is 12.8. The smallest absolute Gasteiger partial charge is 0.221 e. The zero-order valence-electron chi connectivity index (χ0n) is 15.0.